The topological polar surface area (TPSA) is 51.8 Å². The quantitative estimate of drug-likeness (QED) is 0.136. The molecule has 4 nitrogen and oxygen atoms in total. The molecular weight excluding hydrogens is 767 g/mol. The normalized spacial score (nSPS) is 11.2. The molecule has 0 saturated carbocycles. The summed E-state index contributed by atoms with van der Waals surface area (Å²) in [5, 5.41) is 2.12. The van der Waals surface area contributed by atoms with Crippen molar-refractivity contribution in [2.24, 2.45) is 0 Å². The van der Waals surface area contributed by atoms with E-state index in [2.05, 4.69) is 200 Å². The standard InChI is InChI=1S/C59H39N3O/c1-6-19-40(20-7-1)48-36-49(41-21-8-2-9-22-41)38-50(37-48)59-61-57(60-58(62-59)47-33-34-52-51-31-16-17-32-53(51)63-54(52)39-47)46-30-18-29-45(35-46)56(44-27-14-5-15-28-44)55(42-23-10-3-11-24-42)43-25-12-4-13-26-43/h1-39H. The Morgan fingerprint density at radius 3 is 1.21 bits per heavy atom. The van der Waals surface area contributed by atoms with E-state index in [9.17, 15) is 0 Å². The van der Waals surface area contributed by atoms with Gasteiger partial charge in [0.1, 0.15) is 11.2 Å². The fourth-order valence-corrected chi connectivity index (χ4v) is 8.52. The maximum atomic E-state index is 6.38. The maximum absolute atomic E-state index is 6.38. The van der Waals surface area contributed by atoms with E-state index in [1.54, 1.807) is 0 Å². The molecule has 0 atom stereocenters. The van der Waals surface area contributed by atoms with Crippen LogP contribution in [0.2, 0.25) is 0 Å². The molecule has 11 aromatic rings. The van der Waals surface area contributed by atoms with Crippen LogP contribution in [0.5, 0.6) is 0 Å². The highest BCUT2D eigenvalue weighted by atomic mass is 16.3. The number of para-hydroxylation sites is 1. The molecule has 9 aromatic carbocycles. The van der Waals surface area contributed by atoms with Gasteiger partial charge in [0.05, 0.1) is 0 Å². The van der Waals surface area contributed by atoms with Gasteiger partial charge in [-0.3, -0.25) is 0 Å². The van der Waals surface area contributed by atoms with Crippen molar-refractivity contribution in [2.45, 2.75) is 0 Å². The number of fused-ring (bicyclic) bond motifs is 3. The number of hydrogen-bond donors (Lipinski definition) is 0. The first-order valence-corrected chi connectivity index (χ1v) is 21.2. The van der Waals surface area contributed by atoms with Crippen molar-refractivity contribution < 1.29 is 4.42 Å². The SMILES string of the molecule is c1ccc(C(=C(c2ccccc2)c2cccc(-c3nc(-c4cc(-c5ccccc5)cc(-c5ccccc5)c4)nc(-c4ccc5c(c4)oc4ccccc45)n3)c2)c2ccccc2)cc1. The van der Waals surface area contributed by atoms with Crippen LogP contribution in [-0.4, -0.2) is 15.0 Å². The van der Waals surface area contributed by atoms with Gasteiger partial charge in [-0.2, -0.15) is 0 Å². The minimum absolute atomic E-state index is 0.558. The van der Waals surface area contributed by atoms with E-state index < -0.39 is 0 Å². The number of hydrogen-bond acceptors (Lipinski definition) is 4. The minimum atomic E-state index is 0.558. The first-order chi connectivity index (χ1) is 31.2. The van der Waals surface area contributed by atoms with Crippen molar-refractivity contribution in [3.8, 4) is 56.4 Å². The monoisotopic (exact) mass is 805 g/mol. The molecule has 0 saturated heterocycles. The van der Waals surface area contributed by atoms with Crippen LogP contribution >= 0.6 is 0 Å². The minimum Gasteiger partial charge on any atom is -0.456 e. The molecule has 0 N–H and O–H groups in total. The summed E-state index contributed by atoms with van der Waals surface area (Å²) in [6.45, 7) is 0. The van der Waals surface area contributed by atoms with Crippen molar-refractivity contribution >= 4 is 33.1 Å². The first-order valence-electron chi connectivity index (χ1n) is 21.2. The fraction of sp³-hybridized carbons (Fsp3) is 0. The van der Waals surface area contributed by atoms with Crippen LogP contribution in [0.15, 0.2) is 241 Å². The Balaban J connectivity index is 1.14. The highest BCUT2D eigenvalue weighted by Crippen LogP contribution is 2.39. The van der Waals surface area contributed by atoms with E-state index in [4.69, 9.17) is 19.4 Å². The molecule has 2 heterocycles. The van der Waals surface area contributed by atoms with Gasteiger partial charge in [0, 0.05) is 27.5 Å². The molecule has 296 valence electrons. The molecular formula is C59H39N3O. The van der Waals surface area contributed by atoms with Gasteiger partial charge in [-0.05, 0) is 98.1 Å². The maximum Gasteiger partial charge on any atom is 0.164 e. The summed E-state index contributed by atoms with van der Waals surface area (Å²) in [4.78, 5) is 15.9. The zero-order valence-electron chi connectivity index (χ0n) is 34.3. The highest BCUT2D eigenvalue weighted by Gasteiger charge is 2.20. The van der Waals surface area contributed by atoms with Gasteiger partial charge in [-0.1, -0.05) is 194 Å². The molecule has 0 bridgehead atoms. The Labute approximate surface area is 366 Å². The average Bonchev–Trinajstić information content (AvgIpc) is 3.75. The fourth-order valence-electron chi connectivity index (χ4n) is 8.52. The molecule has 0 radical (unpaired) electrons. The van der Waals surface area contributed by atoms with Gasteiger partial charge in [-0.15, -0.1) is 0 Å². The summed E-state index contributed by atoms with van der Waals surface area (Å²) in [7, 11) is 0. The Hall–Kier alpha value is -8.47. The molecule has 0 amide bonds. The van der Waals surface area contributed by atoms with Gasteiger partial charge in [0.25, 0.3) is 0 Å². The Morgan fingerprint density at radius 2 is 0.651 bits per heavy atom. The van der Waals surface area contributed by atoms with Crippen molar-refractivity contribution in [3.63, 3.8) is 0 Å². The third kappa shape index (κ3) is 7.51. The van der Waals surface area contributed by atoms with E-state index in [1.807, 2.05) is 36.4 Å². The third-order valence-corrected chi connectivity index (χ3v) is 11.5. The van der Waals surface area contributed by atoms with Crippen LogP contribution in [0.1, 0.15) is 22.3 Å². The lowest BCUT2D eigenvalue weighted by Gasteiger charge is -2.18. The molecule has 63 heavy (non-hydrogen) atoms. The summed E-state index contributed by atoms with van der Waals surface area (Å²) in [5.74, 6) is 1.71. The van der Waals surface area contributed by atoms with E-state index in [0.717, 1.165) is 94.3 Å². The Kier molecular flexibility index (Phi) is 9.85. The van der Waals surface area contributed by atoms with Gasteiger partial charge in [0.2, 0.25) is 0 Å². The number of aromatic nitrogens is 3. The van der Waals surface area contributed by atoms with Gasteiger partial charge in [-0.25, -0.2) is 15.0 Å². The van der Waals surface area contributed by atoms with E-state index in [0.29, 0.717) is 17.5 Å². The molecule has 0 aliphatic carbocycles. The van der Waals surface area contributed by atoms with E-state index in [-0.39, 0.29) is 0 Å². The summed E-state index contributed by atoms with van der Waals surface area (Å²) in [6.07, 6.45) is 0. The zero-order valence-corrected chi connectivity index (χ0v) is 34.3. The second kappa shape index (κ2) is 16.5. The van der Waals surface area contributed by atoms with Gasteiger partial charge in [0.15, 0.2) is 17.5 Å². The molecule has 0 aliphatic rings. The smallest absolute Gasteiger partial charge is 0.164 e. The first kappa shape index (κ1) is 37.5. The lowest BCUT2D eigenvalue weighted by atomic mass is 9.85. The second-order valence-electron chi connectivity index (χ2n) is 15.6. The molecule has 0 spiro atoms. The van der Waals surface area contributed by atoms with Crippen LogP contribution in [0.3, 0.4) is 0 Å². The summed E-state index contributed by atoms with van der Waals surface area (Å²) < 4.78 is 6.38. The largest absolute Gasteiger partial charge is 0.456 e. The molecule has 4 heteroatoms. The number of benzene rings is 9. The molecule has 2 aromatic heterocycles. The van der Waals surface area contributed by atoms with Crippen molar-refractivity contribution in [1.82, 2.24) is 15.0 Å². The van der Waals surface area contributed by atoms with Crippen molar-refractivity contribution in [2.75, 3.05) is 0 Å². The Bertz CT molecular complexity index is 3320. The van der Waals surface area contributed by atoms with Gasteiger partial charge >= 0.3 is 0 Å². The number of rotatable bonds is 9. The summed E-state index contributed by atoms with van der Waals surface area (Å²) >= 11 is 0. The molecule has 11 rings (SSSR count). The number of nitrogens with zero attached hydrogens (tertiary/aromatic N) is 3. The van der Waals surface area contributed by atoms with Crippen LogP contribution in [0, 0.1) is 0 Å². The van der Waals surface area contributed by atoms with Crippen molar-refractivity contribution in [3.05, 3.63) is 259 Å². The Morgan fingerprint density at radius 1 is 0.254 bits per heavy atom. The highest BCUT2D eigenvalue weighted by molar-refractivity contribution is 6.06. The van der Waals surface area contributed by atoms with Crippen LogP contribution < -0.4 is 0 Å². The average molecular weight is 806 g/mol. The van der Waals surface area contributed by atoms with E-state index in [1.165, 1.54) is 0 Å². The predicted octanol–water partition coefficient (Wildman–Crippen LogP) is 15.1. The number of furan rings is 1. The van der Waals surface area contributed by atoms with Gasteiger partial charge < -0.3 is 4.42 Å². The third-order valence-electron chi connectivity index (χ3n) is 11.5. The predicted molar refractivity (Wildman–Crippen MR) is 259 cm³/mol. The lowest BCUT2D eigenvalue weighted by Crippen LogP contribution is -2.02. The molecule has 0 aliphatic heterocycles. The van der Waals surface area contributed by atoms with Crippen LogP contribution in [0.25, 0.3) is 89.5 Å². The summed E-state index contributed by atoms with van der Waals surface area (Å²) in [6, 6.07) is 82.5. The summed E-state index contributed by atoms with van der Waals surface area (Å²) in [5.41, 5.74) is 15.3. The second-order valence-corrected chi connectivity index (χ2v) is 15.6. The molecule has 0 fully saturated rings. The zero-order chi connectivity index (χ0) is 42.0. The lowest BCUT2D eigenvalue weighted by molar-refractivity contribution is 0.669. The van der Waals surface area contributed by atoms with Crippen LogP contribution in [0.4, 0.5) is 0 Å². The van der Waals surface area contributed by atoms with E-state index >= 15 is 0 Å². The van der Waals surface area contributed by atoms with Crippen molar-refractivity contribution in [1.29, 1.82) is 0 Å². The van der Waals surface area contributed by atoms with Crippen LogP contribution in [-0.2, 0) is 0 Å². The molecule has 0 unspecified atom stereocenters.